The molecule has 0 fully saturated rings. The summed E-state index contributed by atoms with van der Waals surface area (Å²) in [6.07, 6.45) is 0. The summed E-state index contributed by atoms with van der Waals surface area (Å²) in [5, 5.41) is 2.55. The second kappa shape index (κ2) is 9.15. The van der Waals surface area contributed by atoms with E-state index in [0.717, 1.165) is 11.7 Å². The molecule has 1 aromatic heterocycles. The van der Waals surface area contributed by atoms with Crippen LogP contribution < -0.4 is 14.8 Å². The SMILES string of the molecule is COc1ccc(NC(=O)COC(=O)C(C)NS(=O)(=O)c2cccc3nsnc23)cc1. The molecule has 1 heterocycles. The Morgan fingerprint density at radius 1 is 1.13 bits per heavy atom. The molecule has 1 unspecified atom stereocenters. The number of fused-ring (bicyclic) bond motifs is 1. The van der Waals surface area contributed by atoms with Crippen molar-refractivity contribution in [2.75, 3.05) is 19.0 Å². The molecule has 0 saturated carbocycles. The number of methoxy groups -OCH3 is 1. The van der Waals surface area contributed by atoms with Crippen LogP contribution in [0.5, 0.6) is 5.75 Å². The van der Waals surface area contributed by atoms with Gasteiger partial charge in [-0.05, 0) is 43.3 Å². The maximum atomic E-state index is 12.6. The standard InChI is InChI=1S/C18H18N4O6S2/c1-11(22-30(25,26)15-5-3-4-14-17(15)21-29-20-14)18(24)28-10-16(23)19-12-6-8-13(27-2)9-7-12/h3-9,11,22H,10H2,1-2H3,(H,19,23). The average Bonchev–Trinajstić information content (AvgIpc) is 3.21. The number of hydrogen-bond donors (Lipinski definition) is 2. The Hall–Kier alpha value is -3.09. The third-order valence-corrected chi connectivity index (χ3v) is 6.06. The van der Waals surface area contributed by atoms with E-state index in [4.69, 9.17) is 9.47 Å². The van der Waals surface area contributed by atoms with E-state index in [1.165, 1.54) is 26.2 Å². The molecule has 0 radical (unpaired) electrons. The first-order valence-electron chi connectivity index (χ1n) is 8.64. The van der Waals surface area contributed by atoms with Crippen LogP contribution in [0.4, 0.5) is 5.69 Å². The molecule has 0 spiro atoms. The lowest BCUT2D eigenvalue weighted by atomic mass is 10.3. The van der Waals surface area contributed by atoms with E-state index in [9.17, 15) is 18.0 Å². The molecule has 0 saturated heterocycles. The number of nitrogens with zero attached hydrogens (tertiary/aromatic N) is 2. The number of nitrogens with one attached hydrogen (secondary N) is 2. The number of ether oxygens (including phenoxy) is 2. The number of benzene rings is 2. The number of carbonyl (C=O) groups is 2. The van der Waals surface area contributed by atoms with E-state index in [2.05, 4.69) is 18.8 Å². The number of aromatic nitrogens is 2. The Labute approximate surface area is 176 Å². The summed E-state index contributed by atoms with van der Waals surface area (Å²) in [7, 11) is -2.53. The first-order valence-corrected chi connectivity index (χ1v) is 10.9. The first kappa shape index (κ1) is 21.6. The van der Waals surface area contributed by atoms with Crippen molar-refractivity contribution in [3.8, 4) is 5.75 Å². The fourth-order valence-corrected chi connectivity index (χ4v) is 4.43. The minimum Gasteiger partial charge on any atom is -0.497 e. The van der Waals surface area contributed by atoms with Crippen LogP contribution >= 0.6 is 11.7 Å². The summed E-state index contributed by atoms with van der Waals surface area (Å²) >= 11 is 0.887. The molecule has 1 amide bonds. The van der Waals surface area contributed by atoms with Crippen molar-refractivity contribution < 1.29 is 27.5 Å². The fourth-order valence-electron chi connectivity index (χ4n) is 2.48. The number of hydrogen-bond acceptors (Lipinski definition) is 9. The highest BCUT2D eigenvalue weighted by atomic mass is 32.2. The molecule has 158 valence electrons. The molecule has 30 heavy (non-hydrogen) atoms. The highest BCUT2D eigenvalue weighted by Gasteiger charge is 2.26. The first-order chi connectivity index (χ1) is 14.3. The van der Waals surface area contributed by atoms with Crippen LogP contribution in [0.2, 0.25) is 0 Å². The Bertz CT molecular complexity index is 1160. The van der Waals surface area contributed by atoms with E-state index in [0.29, 0.717) is 17.0 Å². The maximum Gasteiger partial charge on any atom is 0.324 e. The highest BCUT2D eigenvalue weighted by molar-refractivity contribution is 7.89. The Balaban J connectivity index is 1.56. The van der Waals surface area contributed by atoms with Gasteiger partial charge in [0, 0.05) is 5.69 Å². The molecule has 0 aliphatic carbocycles. The molecule has 0 aliphatic rings. The topological polar surface area (TPSA) is 137 Å². The van der Waals surface area contributed by atoms with Crippen molar-refractivity contribution in [3.63, 3.8) is 0 Å². The molecular formula is C18H18N4O6S2. The smallest absolute Gasteiger partial charge is 0.324 e. The molecule has 0 bridgehead atoms. The van der Waals surface area contributed by atoms with Crippen LogP contribution in [0.3, 0.4) is 0 Å². The van der Waals surface area contributed by atoms with Crippen molar-refractivity contribution in [2.45, 2.75) is 17.9 Å². The van der Waals surface area contributed by atoms with Gasteiger partial charge in [-0.25, -0.2) is 8.42 Å². The van der Waals surface area contributed by atoms with Crippen LogP contribution in [-0.4, -0.2) is 48.8 Å². The molecule has 12 heteroatoms. The second-order valence-corrected chi connectivity index (χ2v) is 8.33. The maximum absolute atomic E-state index is 12.6. The number of carbonyl (C=O) groups excluding carboxylic acids is 2. The second-order valence-electron chi connectivity index (χ2n) is 6.12. The molecular weight excluding hydrogens is 432 g/mol. The Morgan fingerprint density at radius 3 is 2.57 bits per heavy atom. The predicted molar refractivity (Wildman–Crippen MR) is 110 cm³/mol. The fraction of sp³-hybridized carbons (Fsp3) is 0.222. The lowest BCUT2D eigenvalue weighted by Crippen LogP contribution is -2.40. The van der Waals surface area contributed by atoms with Gasteiger partial charge in [0.1, 0.15) is 27.7 Å². The summed E-state index contributed by atoms with van der Waals surface area (Å²) in [4.78, 5) is 24.0. The van der Waals surface area contributed by atoms with Crippen molar-refractivity contribution in [1.29, 1.82) is 0 Å². The van der Waals surface area contributed by atoms with Crippen molar-refractivity contribution in [3.05, 3.63) is 42.5 Å². The van der Waals surface area contributed by atoms with Gasteiger partial charge in [0.05, 0.1) is 18.8 Å². The summed E-state index contributed by atoms with van der Waals surface area (Å²) < 4.78 is 45.4. The number of anilines is 1. The van der Waals surface area contributed by atoms with Crippen LogP contribution in [-0.2, 0) is 24.3 Å². The summed E-state index contributed by atoms with van der Waals surface area (Å²) in [6.45, 7) is 0.753. The Morgan fingerprint density at radius 2 is 1.87 bits per heavy atom. The predicted octanol–water partition coefficient (Wildman–Crippen LogP) is 1.55. The zero-order valence-corrected chi connectivity index (χ0v) is 17.6. The van der Waals surface area contributed by atoms with Crippen molar-refractivity contribution >= 4 is 50.3 Å². The summed E-state index contributed by atoms with van der Waals surface area (Å²) in [5.74, 6) is -0.835. The zero-order chi connectivity index (χ0) is 21.7. The van der Waals surface area contributed by atoms with Crippen LogP contribution in [0.25, 0.3) is 11.0 Å². The highest BCUT2D eigenvalue weighted by Crippen LogP contribution is 2.21. The Kier molecular flexibility index (Phi) is 6.59. The zero-order valence-electron chi connectivity index (χ0n) is 16.0. The van der Waals surface area contributed by atoms with Gasteiger partial charge in [-0.1, -0.05) is 6.07 Å². The van der Waals surface area contributed by atoms with Gasteiger partial charge in [-0.2, -0.15) is 13.5 Å². The monoisotopic (exact) mass is 450 g/mol. The minimum atomic E-state index is -4.05. The quantitative estimate of drug-likeness (QED) is 0.493. The van der Waals surface area contributed by atoms with Gasteiger partial charge in [0.2, 0.25) is 10.0 Å². The van der Waals surface area contributed by atoms with Gasteiger partial charge in [0.25, 0.3) is 5.91 Å². The number of amides is 1. The number of rotatable bonds is 8. The van der Waals surface area contributed by atoms with Crippen molar-refractivity contribution in [2.24, 2.45) is 0 Å². The van der Waals surface area contributed by atoms with Gasteiger partial charge >= 0.3 is 5.97 Å². The molecule has 3 aromatic rings. The molecule has 1 atom stereocenters. The molecule has 2 N–H and O–H groups in total. The van der Waals surface area contributed by atoms with Crippen LogP contribution in [0.15, 0.2) is 47.4 Å². The lowest BCUT2D eigenvalue weighted by molar-refractivity contribution is -0.148. The van der Waals surface area contributed by atoms with Gasteiger partial charge < -0.3 is 14.8 Å². The molecule has 3 rings (SSSR count). The van der Waals surface area contributed by atoms with E-state index in [1.807, 2.05) is 0 Å². The van der Waals surface area contributed by atoms with E-state index < -0.39 is 34.5 Å². The molecule has 2 aromatic carbocycles. The van der Waals surface area contributed by atoms with Gasteiger partial charge in [-0.15, -0.1) is 0 Å². The normalized spacial score (nSPS) is 12.3. The molecule has 10 nitrogen and oxygen atoms in total. The van der Waals surface area contributed by atoms with Crippen LogP contribution in [0, 0.1) is 0 Å². The largest absolute Gasteiger partial charge is 0.497 e. The third kappa shape index (κ3) is 5.09. The van der Waals surface area contributed by atoms with E-state index in [1.54, 1.807) is 30.3 Å². The average molecular weight is 450 g/mol. The van der Waals surface area contributed by atoms with E-state index >= 15 is 0 Å². The summed E-state index contributed by atoms with van der Waals surface area (Å²) in [5.41, 5.74) is 1.15. The number of esters is 1. The van der Waals surface area contributed by atoms with Gasteiger partial charge in [0.15, 0.2) is 6.61 Å². The summed E-state index contributed by atoms with van der Waals surface area (Å²) in [6, 6.07) is 9.90. The van der Waals surface area contributed by atoms with Crippen LogP contribution in [0.1, 0.15) is 6.92 Å². The number of sulfonamides is 1. The lowest BCUT2D eigenvalue weighted by Gasteiger charge is -2.14. The van der Waals surface area contributed by atoms with Gasteiger partial charge in [-0.3, -0.25) is 9.59 Å². The third-order valence-electron chi connectivity index (χ3n) is 3.94. The van der Waals surface area contributed by atoms with Crippen molar-refractivity contribution in [1.82, 2.24) is 13.5 Å². The minimum absolute atomic E-state index is 0.0920. The molecule has 0 aliphatic heterocycles. The van der Waals surface area contributed by atoms with E-state index in [-0.39, 0.29) is 10.4 Å².